The molecule has 3 N–H and O–H groups in total. The lowest BCUT2D eigenvalue weighted by Gasteiger charge is -2.45. The minimum absolute atomic E-state index is 0.0289. The van der Waals surface area contributed by atoms with Gasteiger partial charge in [-0.1, -0.05) is 54.6 Å². The van der Waals surface area contributed by atoms with Gasteiger partial charge in [0.1, 0.15) is 5.54 Å². The van der Waals surface area contributed by atoms with Gasteiger partial charge in [-0.05, 0) is 55.2 Å². The van der Waals surface area contributed by atoms with Crippen molar-refractivity contribution in [2.75, 3.05) is 36.5 Å². The highest BCUT2D eigenvalue weighted by Gasteiger charge is 2.50. The molecule has 3 aromatic rings. The van der Waals surface area contributed by atoms with E-state index in [-0.39, 0.29) is 24.7 Å². The van der Waals surface area contributed by atoms with Crippen LogP contribution in [-0.4, -0.2) is 71.8 Å². The number of nitrogens with zero attached hydrogens (tertiary/aromatic N) is 2. The molecule has 47 heavy (non-hydrogen) atoms. The number of rotatable bonds is 9. The molecule has 4 atom stereocenters. The van der Waals surface area contributed by atoms with E-state index in [1.807, 2.05) is 54.6 Å². The van der Waals surface area contributed by atoms with E-state index in [4.69, 9.17) is 14.2 Å². The molecular formula is C36H42N4O7. The van der Waals surface area contributed by atoms with E-state index in [2.05, 4.69) is 32.6 Å². The fourth-order valence-corrected chi connectivity index (χ4v) is 6.73. The molecule has 6 rings (SSSR count). The highest BCUT2D eigenvalue weighted by Crippen LogP contribution is 2.40. The fourth-order valence-electron chi connectivity index (χ4n) is 6.73. The molecular weight excluding hydrogens is 600 g/mol. The number of carbonyl (C=O) groups excluding carboxylic acids is 3. The summed E-state index contributed by atoms with van der Waals surface area (Å²) in [5.74, 6) is -0.850. The summed E-state index contributed by atoms with van der Waals surface area (Å²) in [6.45, 7) is 5.48. The number of esters is 1. The van der Waals surface area contributed by atoms with Gasteiger partial charge in [0.05, 0.1) is 25.5 Å². The molecule has 0 aliphatic carbocycles. The van der Waals surface area contributed by atoms with Crippen LogP contribution in [0.2, 0.25) is 0 Å². The van der Waals surface area contributed by atoms with Crippen molar-refractivity contribution in [1.82, 2.24) is 10.2 Å². The van der Waals surface area contributed by atoms with E-state index in [1.165, 1.54) is 13.8 Å². The Hall–Kier alpha value is -4.29. The Bertz CT molecular complexity index is 1540. The SMILES string of the molecule is CC(=O)O[C@@H](C)C(=O)Nc1ccc([C@H]2O[C@@H](CN3CCC4(CC3)C(=O)NCN4c3ccccc3)C[C@@H](c3ccc(CO)cc3)O2)cc1. The maximum atomic E-state index is 13.2. The molecule has 0 aromatic heterocycles. The van der Waals surface area contributed by atoms with E-state index in [0.29, 0.717) is 25.3 Å². The van der Waals surface area contributed by atoms with Crippen LogP contribution in [0.25, 0.3) is 0 Å². The number of piperidine rings is 1. The average molecular weight is 643 g/mol. The van der Waals surface area contributed by atoms with Gasteiger partial charge < -0.3 is 39.8 Å². The number of nitrogens with one attached hydrogen (secondary N) is 2. The second kappa shape index (κ2) is 14.2. The van der Waals surface area contributed by atoms with Crippen molar-refractivity contribution in [2.24, 2.45) is 0 Å². The standard InChI is InChI=1S/C36H42N4O7/c1-24(45-25(2)42)33(43)38-29-14-12-28(13-15-29)34-46-31(20-32(47-34)27-10-8-26(22-41)9-11-27)21-39-18-16-36(17-19-39)35(44)37-23-40(36)30-6-4-3-5-7-30/h3-15,24,31-32,34,41H,16-23H2,1-2H3,(H,37,44)(H,38,43)/t24-,31+,32-,34-/m0/s1. The lowest BCUT2D eigenvalue weighted by molar-refractivity contribution is -0.253. The smallest absolute Gasteiger partial charge is 0.303 e. The Morgan fingerprint density at radius 3 is 2.34 bits per heavy atom. The van der Waals surface area contributed by atoms with Gasteiger partial charge >= 0.3 is 5.97 Å². The zero-order chi connectivity index (χ0) is 33.0. The lowest BCUT2D eigenvalue weighted by atomic mass is 9.85. The quantitative estimate of drug-likeness (QED) is 0.296. The number of carbonyl (C=O) groups is 3. The third-order valence-corrected chi connectivity index (χ3v) is 9.33. The number of para-hydroxylation sites is 1. The summed E-state index contributed by atoms with van der Waals surface area (Å²) >= 11 is 0. The van der Waals surface area contributed by atoms with Crippen molar-refractivity contribution >= 4 is 29.2 Å². The number of hydrogen-bond donors (Lipinski definition) is 3. The maximum Gasteiger partial charge on any atom is 0.303 e. The molecule has 2 amide bonds. The summed E-state index contributed by atoms with van der Waals surface area (Å²) in [6, 6.07) is 25.1. The van der Waals surface area contributed by atoms with Crippen LogP contribution in [0.1, 0.15) is 62.2 Å². The number of aliphatic hydroxyl groups is 1. The zero-order valence-electron chi connectivity index (χ0n) is 26.8. The van der Waals surface area contributed by atoms with Crippen molar-refractivity contribution in [2.45, 2.75) is 69.9 Å². The minimum Gasteiger partial charge on any atom is -0.453 e. The molecule has 11 heteroatoms. The zero-order valence-corrected chi connectivity index (χ0v) is 26.8. The Balaban J connectivity index is 1.14. The highest BCUT2D eigenvalue weighted by atomic mass is 16.7. The Kier molecular flexibility index (Phi) is 9.88. The molecule has 11 nitrogen and oxygen atoms in total. The lowest BCUT2D eigenvalue weighted by Crippen LogP contribution is -2.57. The third-order valence-electron chi connectivity index (χ3n) is 9.33. The molecule has 1 spiro atoms. The molecule has 3 aromatic carbocycles. The van der Waals surface area contributed by atoms with Gasteiger partial charge in [0.2, 0.25) is 5.91 Å². The molecule has 0 saturated carbocycles. The van der Waals surface area contributed by atoms with Crippen molar-refractivity contribution in [3.05, 3.63) is 95.6 Å². The van der Waals surface area contributed by atoms with Crippen LogP contribution in [0, 0.1) is 0 Å². The van der Waals surface area contributed by atoms with E-state index in [1.54, 1.807) is 12.1 Å². The summed E-state index contributed by atoms with van der Waals surface area (Å²) in [5, 5.41) is 15.4. The van der Waals surface area contributed by atoms with Crippen LogP contribution in [-0.2, 0) is 35.2 Å². The van der Waals surface area contributed by atoms with E-state index >= 15 is 0 Å². The molecule has 3 aliphatic rings. The van der Waals surface area contributed by atoms with Crippen molar-refractivity contribution in [3.63, 3.8) is 0 Å². The van der Waals surface area contributed by atoms with Crippen LogP contribution in [0.5, 0.6) is 0 Å². The van der Waals surface area contributed by atoms with Crippen LogP contribution in [0.15, 0.2) is 78.9 Å². The minimum atomic E-state index is -0.912. The topological polar surface area (TPSA) is 130 Å². The first-order valence-electron chi connectivity index (χ1n) is 16.2. The first kappa shape index (κ1) is 32.6. The number of benzene rings is 3. The Morgan fingerprint density at radius 1 is 1.00 bits per heavy atom. The molecule has 3 heterocycles. The Labute approximate surface area is 274 Å². The normalized spacial score (nSPS) is 23.3. The van der Waals surface area contributed by atoms with Crippen molar-refractivity contribution in [1.29, 1.82) is 0 Å². The maximum absolute atomic E-state index is 13.2. The van der Waals surface area contributed by atoms with Gasteiger partial charge in [-0.15, -0.1) is 0 Å². The summed E-state index contributed by atoms with van der Waals surface area (Å²) in [4.78, 5) is 41.4. The number of anilines is 2. The third kappa shape index (κ3) is 7.33. The number of amides is 2. The van der Waals surface area contributed by atoms with E-state index < -0.39 is 29.8 Å². The van der Waals surface area contributed by atoms with Gasteiger partial charge in [0.25, 0.3) is 5.91 Å². The van der Waals surface area contributed by atoms with E-state index in [0.717, 1.165) is 48.3 Å². The van der Waals surface area contributed by atoms with Crippen molar-refractivity contribution in [3.8, 4) is 0 Å². The number of likely N-dealkylation sites (tertiary alicyclic amines) is 1. The number of hydrogen-bond acceptors (Lipinski definition) is 9. The van der Waals surface area contributed by atoms with Gasteiger partial charge in [-0.3, -0.25) is 14.4 Å². The van der Waals surface area contributed by atoms with Gasteiger partial charge in [0, 0.05) is 49.9 Å². The molecule has 0 unspecified atom stereocenters. The molecule has 0 radical (unpaired) electrons. The predicted molar refractivity (Wildman–Crippen MR) is 175 cm³/mol. The van der Waals surface area contributed by atoms with Crippen LogP contribution in [0.3, 0.4) is 0 Å². The number of ether oxygens (including phenoxy) is 3. The summed E-state index contributed by atoms with van der Waals surface area (Å²) < 4.78 is 18.0. The molecule has 3 saturated heterocycles. The average Bonchev–Trinajstić information content (AvgIpc) is 3.40. The van der Waals surface area contributed by atoms with Gasteiger partial charge in [0.15, 0.2) is 12.4 Å². The van der Waals surface area contributed by atoms with Crippen LogP contribution >= 0.6 is 0 Å². The van der Waals surface area contributed by atoms with Crippen LogP contribution in [0.4, 0.5) is 11.4 Å². The second-order valence-electron chi connectivity index (χ2n) is 12.5. The fraction of sp³-hybridized carbons (Fsp3) is 0.417. The van der Waals surface area contributed by atoms with Gasteiger partial charge in [-0.2, -0.15) is 0 Å². The summed E-state index contributed by atoms with van der Waals surface area (Å²) in [6.07, 6.45) is 0.148. The molecule has 3 aliphatic heterocycles. The number of aliphatic hydroxyl groups excluding tert-OH is 1. The van der Waals surface area contributed by atoms with E-state index in [9.17, 15) is 19.5 Å². The highest BCUT2D eigenvalue weighted by molar-refractivity contribution is 5.95. The monoisotopic (exact) mass is 642 g/mol. The second-order valence-corrected chi connectivity index (χ2v) is 12.5. The molecule has 248 valence electrons. The summed E-state index contributed by atoms with van der Waals surface area (Å²) in [7, 11) is 0. The Morgan fingerprint density at radius 2 is 1.68 bits per heavy atom. The molecule has 3 fully saturated rings. The predicted octanol–water partition coefficient (Wildman–Crippen LogP) is 4.04. The van der Waals surface area contributed by atoms with Gasteiger partial charge in [-0.25, -0.2) is 0 Å². The first-order valence-corrected chi connectivity index (χ1v) is 16.2. The van der Waals surface area contributed by atoms with Crippen molar-refractivity contribution < 1.29 is 33.7 Å². The first-order chi connectivity index (χ1) is 22.7. The molecule has 0 bridgehead atoms. The largest absolute Gasteiger partial charge is 0.453 e. The van der Waals surface area contributed by atoms with Crippen LogP contribution < -0.4 is 15.5 Å². The summed E-state index contributed by atoms with van der Waals surface area (Å²) in [5.41, 5.74) is 3.69.